The maximum absolute atomic E-state index is 12.3. The smallest absolute Gasteiger partial charge is 0.268 e. The van der Waals surface area contributed by atoms with Gasteiger partial charge in [-0.2, -0.15) is 0 Å². The molecule has 0 radical (unpaired) electrons. The Morgan fingerprint density at radius 2 is 1.88 bits per heavy atom. The topological polar surface area (TPSA) is 86.7 Å². The monoisotopic (exact) mass is 320 g/mol. The molecule has 0 atom stereocenters. The van der Waals surface area contributed by atoms with Gasteiger partial charge in [-0.3, -0.25) is 4.79 Å². The number of hydrogen-bond donors (Lipinski definition) is 4. The van der Waals surface area contributed by atoms with Crippen molar-refractivity contribution in [3.05, 3.63) is 47.2 Å². The highest BCUT2D eigenvalue weighted by Gasteiger charge is 2.18. The van der Waals surface area contributed by atoms with E-state index in [1.165, 1.54) is 10.8 Å². The molecule has 0 fully saturated rings. The third kappa shape index (κ3) is 2.02. The van der Waals surface area contributed by atoms with Crippen LogP contribution in [0.2, 0.25) is 0 Å². The summed E-state index contributed by atoms with van der Waals surface area (Å²) in [5.41, 5.74) is 11.4. The van der Waals surface area contributed by atoms with Crippen molar-refractivity contribution in [3.8, 4) is 0 Å². The number of fused-ring (bicyclic) bond motifs is 4. The van der Waals surface area contributed by atoms with Crippen molar-refractivity contribution in [1.82, 2.24) is 15.3 Å². The lowest BCUT2D eigenvalue weighted by Crippen LogP contribution is -2.29. The molecule has 4 rings (SSSR count). The largest absolute Gasteiger partial charge is 0.354 e. The predicted octanol–water partition coefficient (Wildman–Crippen LogP) is 3.11. The zero-order chi connectivity index (χ0) is 16.8. The molecule has 0 bridgehead atoms. The van der Waals surface area contributed by atoms with Crippen LogP contribution in [0, 0.1) is 13.8 Å². The highest BCUT2D eigenvalue weighted by atomic mass is 16.1. The molecule has 5 N–H and O–H groups in total. The van der Waals surface area contributed by atoms with Crippen LogP contribution in [-0.4, -0.2) is 29.0 Å². The average molecular weight is 320 g/mol. The lowest BCUT2D eigenvalue weighted by molar-refractivity contribution is 0.0950. The molecule has 0 spiro atoms. The van der Waals surface area contributed by atoms with Crippen molar-refractivity contribution in [2.45, 2.75) is 13.8 Å². The Morgan fingerprint density at radius 3 is 2.67 bits per heavy atom. The molecule has 4 aromatic rings. The van der Waals surface area contributed by atoms with E-state index in [0.717, 1.165) is 33.1 Å². The third-order valence-corrected chi connectivity index (χ3v) is 4.72. The van der Waals surface area contributed by atoms with Gasteiger partial charge >= 0.3 is 0 Å². The van der Waals surface area contributed by atoms with Crippen LogP contribution < -0.4 is 11.1 Å². The fourth-order valence-electron chi connectivity index (χ4n) is 3.59. The van der Waals surface area contributed by atoms with Crippen LogP contribution in [0.1, 0.15) is 21.6 Å². The third-order valence-electron chi connectivity index (χ3n) is 4.72. The van der Waals surface area contributed by atoms with Gasteiger partial charge < -0.3 is 21.0 Å². The minimum Gasteiger partial charge on any atom is -0.354 e. The second-order valence-corrected chi connectivity index (χ2v) is 6.19. The number of nitrogens with two attached hydrogens (primary N) is 1. The lowest BCUT2D eigenvalue weighted by atomic mass is 10.0. The summed E-state index contributed by atoms with van der Waals surface area (Å²) in [5.74, 6) is -0.109. The number of carbonyl (C=O) groups is 1. The van der Waals surface area contributed by atoms with Crippen LogP contribution in [0.25, 0.3) is 32.7 Å². The summed E-state index contributed by atoms with van der Waals surface area (Å²) in [6.07, 6.45) is 0. The van der Waals surface area contributed by atoms with Gasteiger partial charge in [0.1, 0.15) is 5.69 Å². The molecule has 0 saturated heterocycles. The van der Waals surface area contributed by atoms with Crippen molar-refractivity contribution in [1.29, 1.82) is 0 Å². The Balaban J connectivity index is 1.99. The number of nitrogens with one attached hydrogen (secondary N) is 3. The zero-order valence-electron chi connectivity index (χ0n) is 13.8. The van der Waals surface area contributed by atoms with Gasteiger partial charge in [0, 0.05) is 40.3 Å². The van der Waals surface area contributed by atoms with Crippen LogP contribution in [0.5, 0.6) is 0 Å². The summed E-state index contributed by atoms with van der Waals surface area (Å²) < 4.78 is 0. The standard InChI is InChI=1S/C19H20N4O/c1-10-16-11(2)18(19(24)21-8-7-20)23-15(16)9-13-12-5-3-4-6-14(12)22-17(10)13/h3-6,9,22-23H,7-8,20H2,1-2H3,(H,21,24). The Kier molecular flexibility index (Phi) is 3.32. The van der Waals surface area contributed by atoms with Crippen molar-refractivity contribution < 1.29 is 4.79 Å². The lowest BCUT2D eigenvalue weighted by Gasteiger charge is -2.03. The normalized spacial score (nSPS) is 11.6. The van der Waals surface area contributed by atoms with E-state index in [1.807, 2.05) is 19.1 Å². The van der Waals surface area contributed by atoms with E-state index in [1.54, 1.807) is 0 Å². The quantitative estimate of drug-likeness (QED) is 0.467. The van der Waals surface area contributed by atoms with Crippen LogP contribution in [0.3, 0.4) is 0 Å². The minimum atomic E-state index is -0.109. The molecule has 2 heterocycles. The molecule has 2 aromatic heterocycles. The Labute approximate surface area is 139 Å². The molecule has 0 aliphatic carbocycles. The maximum Gasteiger partial charge on any atom is 0.268 e. The highest BCUT2D eigenvalue weighted by Crippen LogP contribution is 2.35. The van der Waals surface area contributed by atoms with E-state index >= 15 is 0 Å². The van der Waals surface area contributed by atoms with Crippen molar-refractivity contribution in [3.63, 3.8) is 0 Å². The summed E-state index contributed by atoms with van der Waals surface area (Å²) in [5, 5.41) is 6.30. The molecule has 2 aromatic carbocycles. The molecule has 1 amide bonds. The van der Waals surface area contributed by atoms with E-state index in [2.05, 4.69) is 40.4 Å². The van der Waals surface area contributed by atoms with E-state index in [4.69, 9.17) is 5.73 Å². The highest BCUT2D eigenvalue weighted by molar-refractivity contribution is 6.15. The van der Waals surface area contributed by atoms with Gasteiger partial charge in [-0.05, 0) is 37.1 Å². The first kappa shape index (κ1) is 14.8. The van der Waals surface area contributed by atoms with Crippen molar-refractivity contribution in [2.75, 3.05) is 13.1 Å². The number of rotatable bonds is 3. The number of benzene rings is 2. The SMILES string of the molecule is Cc1c(C(=O)NCCN)[nH]c2cc3c([nH]c4ccccc43)c(C)c12. The fraction of sp³-hybridized carbons (Fsp3) is 0.211. The Hall–Kier alpha value is -2.79. The van der Waals surface area contributed by atoms with Gasteiger partial charge in [0.2, 0.25) is 0 Å². The van der Waals surface area contributed by atoms with Gasteiger partial charge in [0.15, 0.2) is 0 Å². The molecular formula is C19H20N4O. The summed E-state index contributed by atoms with van der Waals surface area (Å²) >= 11 is 0. The number of para-hydroxylation sites is 1. The predicted molar refractivity (Wildman–Crippen MR) is 98.5 cm³/mol. The first-order valence-electron chi connectivity index (χ1n) is 8.12. The summed E-state index contributed by atoms with van der Waals surface area (Å²) in [4.78, 5) is 19.1. The number of H-pyrrole nitrogens is 2. The summed E-state index contributed by atoms with van der Waals surface area (Å²) in [6.45, 7) is 4.98. The number of aromatic amines is 2. The Morgan fingerprint density at radius 1 is 1.08 bits per heavy atom. The van der Waals surface area contributed by atoms with Crippen molar-refractivity contribution >= 4 is 38.6 Å². The second kappa shape index (κ2) is 5.39. The molecular weight excluding hydrogens is 300 g/mol. The second-order valence-electron chi connectivity index (χ2n) is 6.19. The zero-order valence-corrected chi connectivity index (χ0v) is 13.8. The summed E-state index contributed by atoms with van der Waals surface area (Å²) in [6, 6.07) is 10.4. The number of amides is 1. The molecule has 24 heavy (non-hydrogen) atoms. The van der Waals surface area contributed by atoms with Crippen LogP contribution in [0.15, 0.2) is 30.3 Å². The molecule has 0 aliphatic heterocycles. The summed E-state index contributed by atoms with van der Waals surface area (Å²) in [7, 11) is 0. The van der Waals surface area contributed by atoms with E-state index in [-0.39, 0.29) is 5.91 Å². The van der Waals surface area contributed by atoms with E-state index in [0.29, 0.717) is 18.8 Å². The first-order valence-corrected chi connectivity index (χ1v) is 8.12. The molecule has 5 nitrogen and oxygen atoms in total. The fourth-order valence-corrected chi connectivity index (χ4v) is 3.59. The minimum absolute atomic E-state index is 0.109. The van der Waals surface area contributed by atoms with E-state index in [9.17, 15) is 4.79 Å². The van der Waals surface area contributed by atoms with Crippen LogP contribution >= 0.6 is 0 Å². The van der Waals surface area contributed by atoms with Gasteiger partial charge in [-0.1, -0.05) is 18.2 Å². The number of aryl methyl sites for hydroxylation is 2. The Bertz CT molecular complexity index is 1090. The number of aromatic nitrogens is 2. The molecule has 0 unspecified atom stereocenters. The molecule has 0 aliphatic rings. The molecule has 122 valence electrons. The van der Waals surface area contributed by atoms with Gasteiger partial charge in [-0.25, -0.2) is 0 Å². The maximum atomic E-state index is 12.3. The van der Waals surface area contributed by atoms with Crippen LogP contribution in [-0.2, 0) is 0 Å². The average Bonchev–Trinajstić information content (AvgIpc) is 3.12. The molecule has 0 saturated carbocycles. The van der Waals surface area contributed by atoms with Gasteiger partial charge in [0.25, 0.3) is 5.91 Å². The van der Waals surface area contributed by atoms with Gasteiger partial charge in [-0.15, -0.1) is 0 Å². The van der Waals surface area contributed by atoms with Gasteiger partial charge in [0.05, 0.1) is 5.52 Å². The van der Waals surface area contributed by atoms with Crippen molar-refractivity contribution in [2.24, 2.45) is 5.73 Å². The van der Waals surface area contributed by atoms with E-state index < -0.39 is 0 Å². The molecule has 5 heteroatoms. The van der Waals surface area contributed by atoms with Crippen LogP contribution in [0.4, 0.5) is 0 Å². The first-order chi connectivity index (χ1) is 11.6. The number of hydrogen-bond acceptors (Lipinski definition) is 2. The number of carbonyl (C=O) groups excluding carboxylic acids is 1.